The van der Waals surface area contributed by atoms with Crippen molar-refractivity contribution in [2.45, 2.75) is 65.5 Å². The van der Waals surface area contributed by atoms with Gasteiger partial charge in [0.05, 0.1) is 0 Å². The molecule has 4 nitrogen and oxygen atoms in total. The van der Waals surface area contributed by atoms with E-state index in [1.807, 2.05) is 25.7 Å². The van der Waals surface area contributed by atoms with E-state index >= 15 is 0 Å². The summed E-state index contributed by atoms with van der Waals surface area (Å²) in [5.74, 6) is 0.691. The molecule has 19 heavy (non-hydrogen) atoms. The Kier molecular flexibility index (Phi) is 6.11. The van der Waals surface area contributed by atoms with Crippen LogP contribution in [0.15, 0.2) is 0 Å². The van der Waals surface area contributed by atoms with Gasteiger partial charge >= 0.3 is 6.09 Å². The number of hydrogen-bond donors (Lipinski definition) is 1. The first-order chi connectivity index (χ1) is 8.83. The number of nitrogens with zero attached hydrogens (tertiary/aromatic N) is 1. The second-order valence-electron chi connectivity index (χ2n) is 6.62. The zero-order valence-electron chi connectivity index (χ0n) is 13.2. The van der Waals surface area contributed by atoms with Crippen LogP contribution in [0.2, 0.25) is 0 Å². The van der Waals surface area contributed by atoms with E-state index in [9.17, 15) is 4.79 Å². The number of carbonyl (C=O) groups is 1. The van der Waals surface area contributed by atoms with Crippen LogP contribution in [0, 0.1) is 5.92 Å². The lowest BCUT2D eigenvalue weighted by atomic mass is 10.1. The van der Waals surface area contributed by atoms with Crippen molar-refractivity contribution in [1.82, 2.24) is 10.2 Å². The maximum atomic E-state index is 12.1. The molecular weight excluding hydrogens is 240 g/mol. The quantitative estimate of drug-likeness (QED) is 0.723. The van der Waals surface area contributed by atoms with Crippen molar-refractivity contribution in [3.63, 3.8) is 0 Å². The van der Waals surface area contributed by atoms with Crippen LogP contribution in [0.1, 0.15) is 53.9 Å². The molecule has 1 fully saturated rings. The van der Waals surface area contributed by atoms with E-state index in [1.165, 1.54) is 6.42 Å². The molecule has 0 aromatic rings. The van der Waals surface area contributed by atoms with Gasteiger partial charge in [-0.15, -0.1) is 0 Å². The third kappa shape index (κ3) is 6.81. The number of hydrogen-bond acceptors (Lipinski definition) is 3. The molecule has 0 saturated heterocycles. The molecule has 0 spiro atoms. The van der Waals surface area contributed by atoms with Crippen molar-refractivity contribution in [3.8, 4) is 0 Å². The minimum absolute atomic E-state index is 0.166. The van der Waals surface area contributed by atoms with Gasteiger partial charge in [-0.2, -0.15) is 0 Å². The molecule has 1 amide bonds. The van der Waals surface area contributed by atoms with Crippen molar-refractivity contribution < 1.29 is 9.53 Å². The molecule has 0 aromatic heterocycles. The van der Waals surface area contributed by atoms with E-state index in [4.69, 9.17) is 4.74 Å². The predicted octanol–water partition coefficient (Wildman–Crippen LogP) is 3.02. The maximum absolute atomic E-state index is 12.1. The first-order valence-electron chi connectivity index (χ1n) is 7.53. The lowest BCUT2D eigenvalue weighted by molar-refractivity contribution is 0.0235. The summed E-state index contributed by atoms with van der Waals surface area (Å²) < 4.78 is 5.46. The summed E-state index contributed by atoms with van der Waals surface area (Å²) in [7, 11) is 0. The lowest BCUT2D eigenvalue weighted by Crippen LogP contribution is -2.42. The van der Waals surface area contributed by atoms with Crippen LogP contribution in [0.4, 0.5) is 4.79 Å². The van der Waals surface area contributed by atoms with Crippen molar-refractivity contribution in [2.24, 2.45) is 5.92 Å². The molecule has 1 aliphatic carbocycles. The predicted molar refractivity (Wildman–Crippen MR) is 78.3 cm³/mol. The van der Waals surface area contributed by atoms with Gasteiger partial charge in [-0.3, -0.25) is 0 Å². The van der Waals surface area contributed by atoms with Crippen LogP contribution >= 0.6 is 0 Å². The average Bonchev–Trinajstić information content (AvgIpc) is 3.10. The summed E-state index contributed by atoms with van der Waals surface area (Å²) >= 11 is 0. The molecule has 1 N–H and O–H groups in total. The van der Waals surface area contributed by atoms with Crippen molar-refractivity contribution in [1.29, 1.82) is 0 Å². The maximum Gasteiger partial charge on any atom is 0.410 e. The van der Waals surface area contributed by atoms with E-state index in [0.29, 0.717) is 12.0 Å². The monoisotopic (exact) mass is 270 g/mol. The number of carbonyl (C=O) groups excluding carboxylic acids is 1. The van der Waals surface area contributed by atoms with Crippen molar-refractivity contribution in [2.75, 3.05) is 19.6 Å². The third-order valence-electron chi connectivity index (χ3n) is 3.33. The molecule has 0 aliphatic heterocycles. The van der Waals surface area contributed by atoms with E-state index in [-0.39, 0.29) is 6.09 Å². The molecule has 1 rings (SSSR count). The van der Waals surface area contributed by atoms with E-state index in [1.54, 1.807) is 0 Å². The molecule has 1 atom stereocenters. The zero-order valence-corrected chi connectivity index (χ0v) is 13.2. The highest BCUT2D eigenvalue weighted by Crippen LogP contribution is 2.27. The molecular formula is C15H30N2O2. The fourth-order valence-electron chi connectivity index (χ4n) is 1.82. The van der Waals surface area contributed by atoms with Gasteiger partial charge in [-0.25, -0.2) is 4.79 Å². The molecule has 1 saturated carbocycles. The summed E-state index contributed by atoms with van der Waals surface area (Å²) in [6.07, 6.45) is 3.25. The van der Waals surface area contributed by atoms with Gasteiger partial charge in [0.1, 0.15) is 5.60 Å². The summed E-state index contributed by atoms with van der Waals surface area (Å²) in [6, 6.07) is 0.403. The van der Waals surface area contributed by atoms with Gasteiger partial charge in [0.15, 0.2) is 0 Å². The smallest absolute Gasteiger partial charge is 0.410 e. The Bertz CT molecular complexity index is 282. The second kappa shape index (κ2) is 7.13. The number of ether oxygens (including phenoxy) is 1. The molecule has 4 heteroatoms. The highest BCUT2D eigenvalue weighted by Gasteiger charge is 2.34. The second-order valence-corrected chi connectivity index (χ2v) is 6.62. The molecule has 1 aliphatic rings. The Morgan fingerprint density at radius 2 is 2.05 bits per heavy atom. The molecule has 0 aromatic carbocycles. The molecule has 0 radical (unpaired) electrons. The van der Waals surface area contributed by atoms with E-state index in [2.05, 4.69) is 19.2 Å². The van der Waals surface area contributed by atoms with Crippen LogP contribution in [0.5, 0.6) is 0 Å². The topological polar surface area (TPSA) is 41.6 Å². The van der Waals surface area contributed by atoms with Crippen LogP contribution in [-0.2, 0) is 4.74 Å². The minimum atomic E-state index is -0.408. The molecule has 0 heterocycles. The van der Waals surface area contributed by atoms with Gasteiger partial charge in [0, 0.05) is 19.1 Å². The van der Waals surface area contributed by atoms with Gasteiger partial charge in [0.25, 0.3) is 0 Å². The standard InChI is InChI=1S/C15H30N2O2/c1-6-12(2)11-16-9-10-17(13-7-8-13)14(18)19-15(3,4)5/h12-13,16H,6-11H2,1-5H3. The van der Waals surface area contributed by atoms with E-state index < -0.39 is 5.60 Å². The Hall–Kier alpha value is -0.770. The Morgan fingerprint density at radius 1 is 1.42 bits per heavy atom. The molecule has 1 unspecified atom stereocenters. The van der Waals surface area contributed by atoms with Gasteiger partial charge < -0.3 is 15.0 Å². The van der Waals surface area contributed by atoms with Gasteiger partial charge in [-0.05, 0) is 46.1 Å². The first-order valence-corrected chi connectivity index (χ1v) is 7.53. The third-order valence-corrected chi connectivity index (χ3v) is 3.33. The summed E-state index contributed by atoms with van der Waals surface area (Å²) in [6.45, 7) is 12.8. The SMILES string of the molecule is CCC(C)CNCCN(C(=O)OC(C)(C)C)C1CC1. The Balaban J connectivity index is 2.31. The Labute approximate surface area is 117 Å². The van der Waals surface area contributed by atoms with Gasteiger partial charge in [0.2, 0.25) is 0 Å². The van der Waals surface area contributed by atoms with Crippen LogP contribution in [0.3, 0.4) is 0 Å². The molecule has 0 bridgehead atoms. The van der Waals surface area contributed by atoms with Gasteiger partial charge in [-0.1, -0.05) is 20.3 Å². The summed E-state index contributed by atoms with van der Waals surface area (Å²) in [5, 5.41) is 3.42. The van der Waals surface area contributed by atoms with Crippen LogP contribution in [0.25, 0.3) is 0 Å². The highest BCUT2D eigenvalue weighted by atomic mass is 16.6. The fourth-order valence-corrected chi connectivity index (χ4v) is 1.82. The first kappa shape index (κ1) is 16.3. The van der Waals surface area contributed by atoms with Crippen LogP contribution < -0.4 is 5.32 Å². The zero-order chi connectivity index (χ0) is 14.5. The highest BCUT2D eigenvalue weighted by molar-refractivity contribution is 5.69. The summed E-state index contributed by atoms with van der Waals surface area (Å²) in [5.41, 5.74) is -0.408. The van der Waals surface area contributed by atoms with Crippen LogP contribution in [-0.4, -0.2) is 42.3 Å². The summed E-state index contributed by atoms with van der Waals surface area (Å²) in [4.78, 5) is 14.0. The number of amides is 1. The van der Waals surface area contributed by atoms with Crippen molar-refractivity contribution in [3.05, 3.63) is 0 Å². The number of nitrogens with one attached hydrogen (secondary N) is 1. The molecule has 112 valence electrons. The lowest BCUT2D eigenvalue weighted by Gasteiger charge is -2.27. The largest absolute Gasteiger partial charge is 0.444 e. The number of rotatable bonds is 7. The average molecular weight is 270 g/mol. The fraction of sp³-hybridized carbons (Fsp3) is 0.933. The van der Waals surface area contributed by atoms with E-state index in [0.717, 1.165) is 32.5 Å². The minimum Gasteiger partial charge on any atom is -0.444 e. The normalized spacial score (nSPS) is 17.1. The Morgan fingerprint density at radius 3 is 2.53 bits per heavy atom. The van der Waals surface area contributed by atoms with Crippen molar-refractivity contribution >= 4 is 6.09 Å².